The van der Waals surface area contributed by atoms with Gasteiger partial charge in [0.25, 0.3) is 0 Å². The van der Waals surface area contributed by atoms with E-state index in [9.17, 15) is 9.59 Å². The highest BCUT2D eigenvalue weighted by atomic mass is 32.1. The van der Waals surface area contributed by atoms with Gasteiger partial charge >= 0.3 is 11.9 Å². The smallest absolute Gasteiger partial charge is 0.332 e. The van der Waals surface area contributed by atoms with E-state index in [1.807, 2.05) is 6.92 Å². The third kappa shape index (κ3) is 5.21. The molecule has 0 aliphatic carbocycles. The van der Waals surface area contributed by atoms with Gasteiger partial charge < -0.3 is 10.2 Å². The highest BCUT2D eigenvalue weighted by Crippen LogP contribution is 2.19. The highest BCUT2D eigenvalue weighted by molar-refractivity contribution is 7.80. The molecule has 4 nitrogen and oxygen atoms in total. The van der Waals surface area contributed by atoms with Crippen molar-refractivity contribution < 1.29 is 19.8 Å². The molecule has 0 radical (unpaired) electrons. The zero-order valence-corrected chi connectivity index (χ0v) is 10.5. The summed E-state index contributed by atoms with van der Waals surface area (Å²) in [6.45, 7) is 3.67. The molecule has 16 heavy (non-hydrogen) atoms. The van der Waals surface area contributed by atoms with Gasteiger partial charge in [0.1, 0.15) is 0 Å². The molecule has 0 bridgehead atoms. The van der Waals surface area contributed by atoms with Crippen molar-refractivity contribution in [2.75, 3.05) is 0 Å². The minimum Gasteiger partial charge on any atom is -0.478 e. The quantitative estimate of drug-likeness (QED) is 0.476. The highest BCUT2D eigenvalue weighted by Gasteiger charge is 2.20. The summed E-state index contributed by atoms with van der Waals surface area (Å²) in [6, 6.07) is 0. The Labute approximate surface area is 101 Å². The summed E-state index contributed by atoms with van der Waals surface area (Å²) in [5, 5.41) is 17.8. The second-order valence-corrected chi connectivity index (χ2v) is 4.61. The molecule has 0 aromatic rings. The van der Waals surface area contributed by atoms with E-state index in [0.717, 1.165) is 6.42 Å². The maximum Gasteiger partial charge on any atom is 0.332 e. The van der Waals surface area contributed by atoms with Crippen LogP contribution in [-0.4, -0.2) is 27.4 Å². The lowest BCUT2D eigenvalue weighted by Gasteiger charge is -2.10. The predicted octanol–water partition coefficient (Wildman–Crippen LogP) is 2.35. The standard InChI is InChI=1S/C11H18O4S/c1-3-4-5-8(10(12)13)9(11(14)15)6-7(2)16/h7,16H,3-6H2,1-2H3,(H,12,13)(H,14,15)/b9-8-. The van der Waals surface area contributed by atoms with Gasteiger partial charge in [0, 0.05) is 16.4 Å². The van der Waals surface area contributed by atoms with E-state index in [-0.39, 0.29) is 22.8 Å². The number of aliphatic carboxylic acids is 2. The van der Waals surface area contributed by atoms with E-state index < -0.39 is 11.9 Å². The summed E-state index contributed by atoms with van der Waals surface area (Å²) in [5.74, 6) is -2.30. The maximum absolute atomic E-state index is 11.0. The first-order chi connectivity index (χ1) is 7.40. The summed E-state index contributed by atoms with van der Waals surface area (Å²) < 4.78 is 0. The normalized spacial score (nSPS) is 14.2. The van der Waals surface area contributed by atoms with Crippen LogP contribution in [-0.2, 0) is 9.59 Å². The Balaban J connectivity index is 5.09. The summed E-state index contributed by atoms with van der Waals surface area (Å²) in [5.41, 5.74) is -0.0151. The van der Waals surface area contributed by atoms with Crippen LogP contribution in [0.3, 0.4) is 0 Å². The van der Waals surface area contributed by atoms with Crippen molar-refractivity contribution in [2.24, 2.45) is 0 Å². The van der Waals surface area contributed by atoms with Crippen LogP contribution in [0.5, 0.6) is 0 Å². The summed E-state index contributed by atoms with van der Waals surface area (Å²) in [4.78, 5) is 22.0. The molecule has 0 amide bonds. The van der Waals surface area contributed by atoms with E-state index in [1.54, 1.807) is 6.92 Å². The Morgan fingerprint density at radius 2 is 1.69 bits per heavy atom. The summed E-state index contributed by atoms with van der Waals surface area (Å²) in [7, 11) is 0. The predicted molar refractivity (Wildman–Crippen MR) is 64.9 cm³/mol. The molecule has 1 atom stereocenters. The minimum atomic E-state index is -1.16. The number of unbranched alkanes of at least 4 members (excludes halogenated alkanes) is 1. The Bertz CT molecular complexity index is 294. The molecule has 2 N–H and O–H groups in total. The van der Waals surface area contributed by atoms with Gasteiger partial charge in [-0.2, -0.15) is 12.6 Å². The van der Waals surface area contributed by atoms with E-state index >= 15 is 0 Å². The Morgan fingerprint density at radius 1 is 1.19 bits per heavy atom. The SMILES string of the molecule is CCCC/C(C(=O)O)=C(\CC(C)S)C(=O)O. The molecule has 0 aliphatic heterocycles. The molecular weight excluding hydrogens is 228 g/mol. The molecule has 0 saturated heterocycles. The molecule has 0 rings (SSSR count). The lowest BCUT2D eigenvalue weighted by atomic mass is 9.99. The van der Waals surface area contributed by atoms with E-state index in [0.29, 0.717) is 12.8 Å². The fraction of sp³-hybridized carbons (Fsp3) is 0.636. The van der Waals surface area contributed by atoms with Crippen molar-refractivity contribution in [3.05, 3.63) is 11.1 Å². The first-order valence-electron chi connectivity index (χ1n) is 5.26. The van der Waals surface area contributed by atoms with Crippen LogP contribution >= 0.6 is 12.6 Å². The van der Waals surface area contributed by atoms with Crippen molar-refractivity contribution in [3.63, 3.8) is 0 Å². The van der Waals surface area contributed by atoms with E-state index in [4.69, 9.17) is 10.2 Å². The van der Waals surface area contributed by atoms with Gasteiger partial charge in [-0.05, 0) is 19.3 Å². The Kier molecular flexibility index (Phi) is 6.88. The molecule has 1 unspecified atom stereocenters. The van der Waals surface area contributed by atoms with Gasteiger partial charge in [0.2, 0.25) is 0 Å². The van der Waals surface area contributed by atoms with E-state index in [2.05, 4.69) is 12.6 Å². The van der Waals surface area contributed by atoms with Gasteiger partial charge in [-0.3, -0.25) is 0 Å². The molecule has 0 fully saturated rings. The van der Waals surface area contributed by atoms with Gasteiger partial charge in [-0.25, -0.2) is 9.59 Å². The molecule has 0 saturated carbocycles. The number of carboxylic acid groups (broad SMARTS) is 2. The van der Waals surface area contributed by atoms with Crippen molar-refractivity contribution in [2.45, 2.75) is 44.8 Å². The molecule has 5 heteroatoms. The fourth-order valence-corrected chi connectivity index (χ4v) is 1.56. The van der Waals surface area contributed by atoms with Gasteiger partial charge in [0.05, 0.1) is 0 Å². The second-order valence-electron chi connectivity index (χ2n) is 3.72. The largest absolute Gasteiger partial charge is 0.478 e. The molecule has 0 heterocycles. The fourth-order valence-electron chi connectivity index (χ4n) is 1.38. The average molecular weight is 246 g/mol. The number of carboxylic acids is 2. The van der Waals surface area contributed by atoms with Crippen molar-refractivity contribution >= 4 is 24.6 Å². The van der Waals surface area contributed by atoms with Gasteiger partial charge in [-0.15, -0.1) is 0 Å². The maximum atomic E-state index is 11.0. The molecular formula is C11H18O4S. The minimum absolute atomic E-state index is 0.00949. The lowest BCUT2D eigenvalue weighted by Crippen LogP contribution is -2.14. The third-order valence-corrected chi connectivity index (χ3v) is 2.34. The van der Waals surface area contributed by atoms with Crippen LogP contribution in [0.1, 0.15) is 39.5 Å². The monoisotopic (exact) mass is 246 g/mol. The number of thiol groups is 1. The van der Waals surface area contributed by atoms with E-state index in [1.165, 1.54) is 0 Å². The molecule has 0 aromatic heterocycles. The molecule has 0 aliphatic rings. The first kappa shape index (κ1) is 15.0. The van der Waals surface area contributed by atoms with Gasteiger partial charge in [-0.1, -0.05) is 20.3 Å². The first-order valence-corrected chi connectivity index (χ1v) is 5.78. The van der Waals surface area contributed by atoms with Crippen LogP contribution in [0.2, 0.25) is 0 Å². The van der Waals surface area contributed by atoms with Gasteiger partial charge in [0.15, 0.2) is 0 Å². The van der Waals surface area contributed by atoms with Crippen LogP contribution in [0, 0.1) is 0 Å². The summed E-state index contributed by atoms with van der Waals surface area (Å²) >= 11 is 4.10. The number of carbonyl (C=O) groups is 2. The Morgan fingerprint density at radius 3 is 2.00 bits per heavy atom. The third-order valence-electron chi connectivity index (χ3n) is 2.16. The lowest BCUT2D eigenvalue weighted by molar-refractivity contribution is -0.136. The zero-order valence-electron chi connectivity index (χ0n) is 9.56. The van der Waals surface area contributed by atoms with Crippen molar-refractivity contribution in [1.29, 1.82) is 0 Å². The zero-order chi connectivity index (χ0) is 12.7. The van der Waals surface area contributed by atoms with Crippen molar-refractivity contribution in [1.82, 2.24) is 0 Å². The second kappa shape index (κ2) is 7.33. The number of rotatable bonds is 7. The topological polar surface area (TPSA) is 74.6 Å². The average Bonchev–Trinajstić information content (AvgIpc) is 2.15. The van der Waals surface area contributed by atoms with Crippen LogP contribution in [0.4, 0.5) is 0 Å². The number of hydrogen-bond acceptors (Lipinski definition) is 3. The van der Waals surface area contributed by atoms with Crippen LogP contribution in [0.25, 0.3) is 0 Å². The van der Waals surface area contributed by atoms with Crippen molar-refractivity contribution in [3.8, 4) is 0 Å². The number of hydrogen-bond donors (Lipinski definition) is 3. The van der Waals surface area contributed by atoms with Crippen LogP contribution < -0.4 is 0 Å². The molecule has 0 spiro atoms. The van der Waals surface area contributed by atoms with Crippen LogP contribution in [0.15, 0.2) is 11.1 Å². The molecule has 0 aromatic carbocycles. The molecule has 92 valence electrons. The summed E-state index contributed by atoms with van der Waals surface area (Å²) in [6.07, 6.45) is 1.98. The Hall–Kier alpha value is -0.970.